The number of nitrogens with zero attached hydrogens (tertiary/aromatic N) is 1. The number of guanidine groups is 1. The Balaban J connectivity index is 0.00000312. The molecule has 2 N–H and O–H groups in total. The molecule has 1 aromatic rings. The minimum absolute atomic E-state index is 0. The Kier molecular flexibility index (Phi) is 11.1. The molecule has 1 aromatic carbocycles. The summed E-state index contributed by atoms with van der Waals surface area (Å²) in [5.41, 5.74) is 3.90. The van der Waals surface area contributed by atoms with Gasteiger partial charge in [0, 0.05) is 39.3 Å². The summed E-state index contributed by atoms with van der Waals surface area (Å²) in [5, 5.41) is 6.70. The van der Waals surface area contributed by atoms with Crippen LogP contribution in [0, 0.1) is 19.8 Å². The topological polar surface area (TPSA) is 54.9 Å². The molecule has 2 rings (SSSR count). The Morgan fingerprint density at radius 1 is 1.32 bits per heavy atom. The molecule has 0 saturated carbocycles. The molecule has 1 aliphatic rings. The Hall–Kier alpha value is -0.860. The molecular formula is C19H32IN3O2. The van der Waals surface area contributed by atoms with Crippen LogP contribution in [-0.2, 0) is 16.0 Å². The first-order valence-corrected chi connectivity index (χ1v) is 8.85. The fourth-order valence-corrected chi connectivity index (χ4v) is 2.79. The van der Waals surface area contributed by atoms with Crippen LogP contribution in [0.5, 0.6) is 0 Å². The minimum Gasteiger partial charge on any atom is -0.381 e. The highest BCUT2D eigenvalue weighted by Crippen LogP contribution is 2.12. The molecular weight excluding hydrogens is 429 g/mol. The van der Waals surface area contributed by atoms with Gasteiger partial charge in [-0.05, 0) is 37.8 Å². The van der Waals surface area contributed by atoms with E-state index in [1.165, 1.54) is 16.7 Å². The van der Waals surface area contributed by atoms with Crippen molar-refractivity contribution in [3.63, 3.8) is 0 Å². The predicted molar refractivity (Wildman–Crippen MR) is 114 cm³/mol. The Bertz CT molecular complexity index is 531. The van der Waals surface area contributed by atoms with Gasteiger partial charge < -0.3 is 20.1 Å². The van der Waals surface area contributed by atoms with Crippen molar-refractivity contribution in [2.45, 2.75) is 33.2 Å². The van der Waals surface area contributed by atoms with Crippen LogP contribution in [0.3, 0.4) is 0 Å². The fraction of sp³-hybridized carbons (Fsp3) is 0.632. The molecule has 5 nitrogen and oxygen atoms in total. The van der Waals surface area contributed by atoms with Crippen molar-refractivity contribution >= 4 is 29.9 Å². The van der Waals surface area contributed by atoms with Crippen molar-refractivity contribution in [2.75, 3.05) is 40.0 Å². The van der Waals surface area contributed by atoms with Crippen molar-refractivity contribution < 1.29 is 9.47 Å². The second-order valence-electron chi connectivity index (χ2n) is 6.44. The van der Waals surface area contributed by atoms with Gasteiger partial charge in [0.25, 0.3) is 0 Å². The summed E-state index contributed by atoms with van der Waals surface area (Å²) in [5.74, 6) is 1.42. The molecule has 1 aliphatic heterocycles. The van der Waals surface area contributed by atoms with Gasteiger partial charge >= 0.3 is 0 Å². The average Bonchev–Trinajstić information content (AvgIpc) is 3.08. The van der Waals surface area contributed by atoms with E-state index in [0.29, 0.717) is 5.92 Å². The van der Waals surface area contributed by atoms with Crippen LogP contribution in [0.4, 0.5) is 0 Å². The van der Waals surface area contributed by atoms with E-state index in [9.17, 15) is 0 Å². The van der Waals surface area contributed by atoms with Crippen molar-refractivity contribution in [3.8, 4) is 0 Å². The van der Waals surface area contributed by atoms with Crippen molar-refractivity contribution in [1.82, 2.24) is 10.6 Å². The largest absolute Gasteiger partial charge is 0.381 e. The van der Waals surface area contributed by atoms with E-state index in [0.717, 1.165) is 58.3 Å². The summed E-state index contributed by atoms with van der Waals surface area (Å²) < 4.78 is 11.1. The van der Waals surface area contributed by atoms with Gasteiger partial charge in [0.05, 0.1) is 13.2 Å². The van der Waals surface area contributed by atoms with Crippen LogP contribution >= 0.6 is 24.0 Å². The highest BCUT2D eigenvalue weighted by Gasteiger charge is 2.15. The number of nitrogens with one attached hydrogen (secondary N) is 2. The van der Waals surface area contributed by atoms with Gasteiger partial charge in [-0.3, -0.25) is 4.99 Å². The maximum Gasteiger partial charge on any atom is 0.191 e. The molecule has 0 spiro atoms. The van der Waals surface area contributed by atoms with Crippen LogP contribution in [0.25, 0.3) is 0 Å². The highest BCUT2D eigenvalue weighted by atomic mass is 127. The van der Waals surface area contributed by atoms with Gasteiger partial charge in [-0.25, -0.2) is 0 Å². The predicted octanol–water partition coefficient (Wildman–Crippen LogP) is 3.03. The molecule has 0 aromatic heterocycles. The van der Waals surface area contributed by atoms with Gasteiger partial charge in [0.1, 0.15) is 0 Å². The van der Waals surface area contributed by atoms with Crippen molar-refractivity contribution in [1.29, 1.82) is 0 Å². The zero-order valence-corrected chi connectivity index (χ0v) is 18.0. The lowest BCUT2D eigenvalue weighted by Crippen LogP contribution is -2.37. The summed E-state index contributed by atoms with van der Waals surface area (Å²) in [4.78, 5) is 4.27. The smallest absolute Gasteiger partial charge is 0.191 e. The number of aliphatic imine (C=N–C) groups is 1. The third-order valence-corrected chi connectivity index (χ3v) is 4.30. The number of rotatable bonds is 8. The Morgan fingerprint density at radius 2 is 2.16 bits per heavy atom. The lowest BCUT2D eigenvalue weighted by atomic mass is 10.1. The second kappa shape index (κ2) is 12.5. The van der Waals surface area contributed by atoms with E-state index in [-0.39, 0.29) is 24.0 Å². The molecule has 0 aliphatic carbocycles. The molecule has 25 heavy (non-hydrogen) atoms. The lowest BCUT2D eigenvalue weighted by Gasteiger charge is -2.14. The molecule has 142 valence electrons. The average molecular weight is 461 g/mol. The quantitative estimate of drug-likeness (QED) is 0.271. The zero-order chi connectivity index (χ0) is 17.2. The molecule has 1 heterocycles. The normalized spacial score (nSPS) is 17.2. The van der Waals surface area contributed by atoms with E-state index in [4.69, 9.17) is 9.47 Å². The third kappa shape index (κ3) is 8.37. The number of aryl methyl sites for hydroxylation is 2. The maximum atomic E-state index is 5.71. The Labute approximate surface area is 169 Å². The molecule has 1 fully saturated rings. The summed E-state index contributed by atoms with van der Waals surface area (Å²) in [6.45, 7) is 9.24. The van der Waals surface area contributed by atoms with Gasteiger partial charge in [-0.2, -0.15) is 0 Å². The summed E-state index contributed by atoms with van der Waals surface area (Å²) in [6.07, 6.45) is 2.10. The monoisotopic (exact) mass is 461 g/mol. The van der Waals surface area contributed by atoms with Crippen LogP contribution in [-0.4, -0.2) is 46.0 Å². The molecule has 0 amide bonds. The van der Waals surface area contributed by atoms with E-state index in [1.807, 2.05) is 0 Å². The maximum absolute atomic E-state index is 5.71. The minimum atomic E-state index is 0. The van der Waals surface area contributed by atoms with Crippen LogP contribution in [0.1, 0.15) is 29.5 Å². The summed E-state index contributed by atoms with van der Waals surface area (Å²) >= 11 is 0. The van der Waals surface area contributed by atoms with Gasteiger partial charge in [-0.15, -0.1) is 24.0 Å². The first-order chi connectivity index (χ1) is 11.7. The van der Waals surface area contributed by atoms with E-state index >= 15 is 0 Å². The lowest BCUT2D eigenvalue weighted by molar-refractivity contribution is 0.0888. The van der Waals surface area contributed by atoms with Crippen LogP contribution in [0.15, 0.2) is 23.2 Å². The molecule has 1 saturated heterocycles. The number of hydrogen-bond donors (Lipinski definition) is 2. The molecule has 0 radical (unpaired) electrons. The van der Waals surface area contributed by atoms with Gasteiger partial charge in [-0.1, -0.05) is 23.8 Å². The zero-order valence-electron chi connectivity index (χ0n) is 15.6. The molecule has 1 atom stereocenters. The van der Waals surface area contributed by atoms with E-state index in [1.54, 1.807) is 7.05 Å². The fourth-order valence-electron chi connectivity index (χ4n) is 2.79. The van der Waals surface area contributed by atoms with Crippen LogP contribution in [0.2, 0.25) is 0 Å². The van der Waals surface area contributed by atoms with E-state index < -0.39 is 0 Å². The number of hydrogen-bond acceptors (Lipinski definition) is 3. The first kappa shape index (κ1) is 22.2. The number of ether oxygens (including phenoxy) is 2. The molecule has 6 heteroatoms. The van der Waals surface area contributed by atoms with E-state index in [2.05, 4.69) is 47.7 Å². The highest BCUT2D eigenvalue weighted by molar-refractivity contribution is 14.0. The Morgan fingerprint density at radius 3 is 2.84 bits per heavy atom. The van der Waals surface area contributed by atoms with Crippen molar-refractivity contribution in [3.05, 3.63) is 34.9 Å². The summed E-state index contributed by atoms with van der Waals surface area (Å²) in [6, 6.07) is 6.53. The van der Waals surface area contributed by atoms with Gasteiger partial charge in [0.15, 0.2) is 5.96 Å². The van der Waals surface area contributed by atoms with Gasteiger partial charge in [0.2, 0.25) is 0 Å². The molecule has 0 bridgehead atoms. The van der Waals surface area contributed by atoms with Crippen LogP contribution < -0.4 is 10.6 Å². The second-order valence-corrected chi connectivity index (χ2v) is 6.44. The number of benzene rings is 1. The summed E-state index contributed by atoms with van der Waals surface area (Å²) in [7, 11) is 1.80. The first-order valence-electron chi connectivity index (χ1n) is 8.85. The van der Waals surface area contributed by atoms with Crippen molar-refractivity contribution in [2.24, 2.45) is 10.9 Å². The molecule has 1 unspecified atom stereocenters. The number of halogens is 1. The third-order valence-electron chi connectivity index (χ3n) is 4.30. The SMILES string of the molecule is CN=C(NCCCOCC1CCOC1)NCc1ccc(C)cc1C.I. The standard InChI is InChI=1S/C19H31N3O2.HI/c1-15-5-6-18(16(2)11-15)12-22-19(20-3)21-8-4-9-23-13-17-7-10-24-14-17;/h5-6,11,17H,4,7-10,12-14H2,1-3H3,(H2,20,21,22);1H.